The van der Waals surface area contributed by atoms with Crippen molar-refractivity contribution in [3.8, 4) is 17.1 Å². The first kappa shape index (κ1) is 21.9. The van der Waals surface area contributed by atoms with E-state index >= 15 is 0 Å². The SMILES string of the molecule is Cc1ccccc1-n1c(SCC(=O)N[C@H]2CCS(=O)(=O)C2)nnc1-c1ccc(Cl)cc1. The van der Waals surface area contributed by atoms with Crippen LogP contribution in [-0.4, -0.2) is 52.4 Å². The van der Waals surface area contributed by atoms with Gasteiger partial charge in [-0.2, -0.15) is 0 Å². The van der Waals surface area contributed by atoms with E-state index in [0.29, 0.717) is 22.4 Å². The molecule has 0 unspecified atom stereocenters. The molecule has 3 aromatic rings. The lowest BCUT2D eigenvalue weighted by Crippen LogP contribution is -2.36. The number of para-hydroxylation sites is 1. The van der Waals surface area contributed by atoms with Crippen LogP contribution in [0.15, 0.2) is 53.7 Å². The fraction of sp³-hybridized carbons (Fsp3) is 0.286. The summed E-state index contributed by atoms with van der Waals surface area (Å²) in [6.07, 6.45) is 0.457. The fourth-order valence-electron chi connectivity index (χ4n) is 3.49. The van der Waals surface area contributed by atoms with E-state index in [1.807, 2.05) is 47.9 Å². The highest BCUT2D eigenvalue weighted by molar-refractivity contribution is 7.99. The molecule has 0 saturated carbocycles. The summed E-state index contributed by atoms with van der Waals surface area (Å²) < 4.78 is 25.1. The van der Waals surface area contributed by atoms with E-state index < -0.39 is 9.84 Å². The van der Waals surface area contributed by atoms with Crippen LogP contribution in [0.4, 0.5) is 0 Å². The Balaban J connectivity index is 1.58. The van der Waals surface area contributed by atoms with Gasteiger partial charge in [0.25, 0.3) is 0 Å². The van der Waals surface area contributed by atoms with Gasteiger partial charge in [-0.05, 0) is 49.2 Å². The molecule has 1 amide bonds. The molecule has 162 valence electrons. The summed E-state index contributed by atoms with van der Waals surface area (Å²) >= 11 is 7.29. The molecule has 7 nitrogen and oxygen atoms in total. The number of hydrogen-bond donors (Lipinski definition) is 1. The van der Waals surface area contributed by atoms with E-state index in [9.17, 15) is 13.2 Å². The molecular weight excluding hydrogens is 456 g/mol. The standard InChI is InChI=1S/C21H21ClN4O3S2/c1-14-4-2-3-5-18(14)26-20(15-6-8-16(22)9-7-15)24-25-21(26)30-12-19(27)23-17-10-11-31(28,29)13-17/h2-9,17H,10-13H2,1H3,(H,23,27)/t17-/m0/s1. The third kappa shape index (κ3) is 5.11. The summed E-state index contributed by atoms with van der Waals surface area (Å²) in [5, 5.41) is 12.7. The molecule has 1 atom stereocenters. The first-order valence-electron chi connectivity index (χ1n) is 9.72. The van der Waals surface area contributed by atoms with Gasteiger partial charge in [0.15, 0.2) is 20.8 Å². The van der Waals surface area contributed by atoms with E-state index in [0.717, 1.165) is 16.8 Å². The number of benzene rings is 2. The van der Waals surface area contributed by atoms with Crippen molar-refractivity contribution in [1.29, 1.82) is 0 Å². The summed E-state index contributed by atoms with van der Waals surface area (Å²) in [6.45, 7) is 2.00. The summed E-state index contributed by atoms with van der Waals surface area (Å²) in [4.78, 5) is 12.4. The molecule has 1 aliphatic heterocycles. The Hall–Kier alpha value is -2.36. The van der Waals surface area contributed by atoms with Crippen molar-refractivity contribution < 1.29 is 13.2 Å². The Bertz CT molecular complexity index is 1210. The van der Waals surface area contributed by atoms with Crippen LogP contribution >= 0.6 is 23.4 Å². The predicted molar refractivity (Wildman–Crippen MR) is 122 cm³/mol. The first-order chi connectivity index (χ1) is 14.8. The smallest absolute Gasteiger partial charge is 0.230 e. The average Bonchev–Trinajstić information content (AvgIpc) is 3.30. The number of carbonyl (C=O) groups is 1. The van der Waals surface area contributed by atoms with Crippen LogP contribution in [0.2, 0.25) is 5.02 Å². The molecule has 2 heterocycles. The molecule has 1 aromatic heterocycles. The summed E-state index contributed by atoms with van der Waals surface area (Å²) in [7, 11) is -3.04. The van der Waals surface area contributed by atoms with Crippen LogP contribution in [0.5, 0.6) is 0 Å². The number of halogens is 1. The fourth-order valence-corrected chi connectivity index (χ4v) is 6.04. The maximum Gasteiger partial charge on any atom is 0.230 e. The minimum atomic E-state index is -3.04. The minimum Gasteiger partial charge on any atom is -0.352 e. The molecule has 0 spiro atoms. The topological polar surface area (TPSA) is 94.0 Å². The van der Waals surface area contributed by atoms with Crippen LogP contribution in [0.1, 0.15) is 12.0 Å². The van der Waals surface area contributed by atoms with Gasteiger partial charge in [0.1, 0.15) is 0 Å². The van der Waals surface area contributed by atoms with Gasteiger partial charge in [-0.25, -0.2) is 8.42 Å². The Kier molecular flexibility index (Phi) is 6.36. The van der Waals surface area contributed by atoms with Gasteiger partial charge in [-0.15, -0.1) is 10.2 Å². The van der Waals surface area contributed by atoms with Gasteiger partial charge in [0.05, 0.1) is 22.9 Å². The van der Waals surface area contributed by atoms with Gasteiger partial charge < -0.3 is 5.32 Å². The van der Waals surface area contributed by atoms with Crippen molar-refractivity contribution >= 4 is 39.1 Å². The molecule has 4 rings (SSSR count). The maximum absolute atomic E-state index is 12.4. The third-order valence-corrected chi connectivity index (χ3v) is 7.97. The highest BCUT2D eigenvalue weighted by Crippen LogP contribution is 2.30. The number of hydrogen-bond acceptors (Lipinski definition) is 6. The molecule has 10 heteroatoms. The number of aromatic nitrogens is 3. The number of carbonyl (C=O) groups excluding carboxylic acids is 1. The van der Waals surface area contributed by atoms with Gasteiger partial charge in [0.2, 0.25) is 5.91 Å². The van der Waals surface area contributed by atoms with E-state index in [-0.39, 0.29) is 29.2 Å². The number of amides is 1. The van der Waals surface area contributed by atoms with E-state index in [1.165, 1.54) is 11.8 Å². The van der Waals surface area contributed by atoms with Crippen molar-refractivity contribution in [3.05, 3.63) is 59.1 Å². The quantitative estimate of drug-likeness (QED) is 0.548. The van der Waals surface area contributed by atoms with Gasteiger partial charge in [-0.1, -0.05) is 41.6 Å². The number of sulfone groups is 1. The van der Waals surface area contributed by atoms with Crippen LogP contribution in [-0.2, 0) is 14.6 Å². The molecule has 1 N–H and O–H groups in total. The monoisotopic (exact) mass is 476 g/mol. The molecule has 0 bridgehead atoms. The van der Waals surface area contributed by atoms with Crippen LogP contribution < -0.4 is 5.32 Å². The Morgan fingerprint density at radius 2 is 1.94 bits per heavy atom. The highest BCUT2D eigenvalue weighted by atomic mass is 35.5. The number of rotatable bonds is 6. The molecule has 2 aromatic carbocycles. The van der Waals surface area contributed by atoms with Gasteiger partial charge in [-0.3, -0.25) is 9.36 Å². The summed E-state index contributed by atoms with van der Waals surface area (Å²) in [6, 6.07) is 14.9. The third-order valence-electron chi connectivity index (χ3n) is 5.02. The molecule has 1 saturated heterocycles. The van der Waals surface area contributed by atoms with Crippen molar-refractivity contribution in [2.45, 2.75) is 24.5 Å². The number of nitrogens with one attached hydrogen (secondary N) is 1. The molecular formula is C21H21ClN4O3S2. The second kappa shape index (κ2) is 9.02. The normalized spacial score (nSPS) is 17.5. The predicted octanol–water partition coefficient (Wildman–Crippen LogP) is 3.29. The van der Waals surface area contributed by atoms with Crippen LogP contribution in [0.25, 0.3) is 17.1 Å². The molecule has 0 aliphatic carbocycles. The van der Waals surface area contributed by atoms with E-state index in [1.54, 1.807) is 12.1 Å². The summed E-state index contributed by atoms with van der Waals surface area (Å²) in [5.74, 6) is 0.664. The first-order valence-corrected chi connectivity index (χ1v) is 12.9. The van der Waals surface area contributed by atoms with E-state index in [2.05, 4.69) is 15.5 Å². The molecule has 1 fully saturated rings. The second-order valence-corrected chi connectivity index (χ2v) is 11.0. The Morgan fingerprint density at radius 3 is 2.61 bits per heavy atom. The van der Waals surface area contributed by atoms with Gasteiger partial charge in [0, 0.05) is 16.6 Å². The van der Waals surface area contributed by atoms with Crippen LogP contribution in [0, 0.1) is 6.92 Å². The lowest BCUT2D eigenvalue weighted by atomic mass is 10.1. The van der Waals surface area contributed by atoms with Crippen LogP contribution in [0.3, 0.4) is 0 Å². The Labute approximate surface area is 190 Å². The molecule has 1 aliphatic rings. The number of nitrogens with zero attached hydrogens (tertiary/aromatic N) is 3. The summed E-state index contributed by atoms with van der Waals surface area (Å²) in [5.41, 5.74) is 2.81. The minimum absolute atomic E-state index is 0.00349. The van der Waals surface area contributed by atoms with E-state index in [4.69, 9.17) is 11.6 Å². The molecule has 31 heavy (non-hydrogen) atoms. The highest BCUT2D eigenvalue weighted by Gasteiger charge is 2.29. The van der Waals surface area contributed by atoms with Gasteiger partial charge >= 0.3 is 0 Å². The average molecular weight is 477 g/mol. The zero-order chi connectivity index (χ0) is 22.0. The van der Waals surface area contributed by atoms with Crippen molar-refractivity contribution in [3.63, 3.8) is 0 Å². The zero-order valence-electron chi connectivity index (χ0n) is 16.8. The maximum atomic E-state index is 12.4. The lowest BCUT2D eigenvalue weighted by molar-refractivity contribution is -0.119. The number of thioether (sulfide) groups is 1. The van der Waals surface area contributed by atoms with Crippen molar-refractivity contribution in [2.75, 3.05) is 17.3 Å². The molecule has 0 radical (unpaired) electrons. The van der Waals surface area contributed by atoms with Crippen molar-refractivity contribution in [1.82, 2.24) is 20.1 Å². The largest absolute Gasteiger partial charge is 0.352 e. The second-order valence-electron chi connectivity index (χ2n) is 7.39. The zero-order valence-corrected chi connectivity index (χ0v) is 19.2. The number of aryl methyl sites for hydroxylation is 1. The Morgan fingerprint density at radius 1 is 1.19 bits per heavy atom. The lowest BCUT2D eigenvalue weighted by Gasteiger charge is -2.13. The van der Waals surface area contributed by atoms with Crippen molar-refractivity contribution in [2.24, 2.45) is 0 Å².